The maximum absolute atomic E-state index is 12.9. The van der Waals surface area contributed by atoms with E-state index in [0.717, 1.165) is 11.1 Å². The molecule has 0 atom stereocenters. The van der Waals surface area contributed by atoms with Gasteiger partial charge in [-0.05, 0) is 24.6 Å². The second-order valence-electron chi connectivity index (χ2n) is 5.29. The standard InChI is InChI=1S/C16H13Cl2N3O2S/c1-8-20-15-14(16(23)21(8)5-4-13(19)22)10(7-24-15)9-2-3-11(17)12(18)6-9/h2-3,6-7H,4-5H2,1H3,(H2,19,22). The minimum atomic E-state index is -0.462. The van der Waals surface area contributed by atoms with Crippen molar-refractivity contribution < 1.29 is 4.79 Å². The molecule has 0 unspecified atom stereocenters. The molecule has 0 aliphatic heterocycles. The first-order valence-corrected chi connectivity index (χ1v) is 8.74. The van der Waals surface area contributed by atoms with Crippen LogP contribution in [0.25, 0.3) is 21.3 Å². The van der Waals surface area contributed by atoms with Crippen LogP contribution in [0.1, 0.15) is 12.2 Å². The highest BCUT2D eigenvalue weighted by Crippen LogP contribution is 2.34. The van der Waals surface area contributed by atoms with Crippen LogP contribution in [0.15, 0.2) is 28.4 Å². The summed E-state index contributed by atoms with van der Waals surface area (Å²) in [4.78, 5) is 29.0. The Morgan fingerprint density at radius 1 is 1.33 bits per heavy atom. The molecular weight excluding hydrogens is 369 g/mol. The fourth-order valence-corrected chi connectivity index (χ4v) is 3.77. The number of hydrogen-bond donors (Lipinski definition) is 1. The summed E-state index contributed by atoms with van der Waals surface area (Å²) >= 11 is 13.4. The number of halogens is 2. The fourth-order valence-electron chi connectivity index (χ4n) is 2.49. The summed E-state index contributed by atoms with van der Waals surface area (Å²) in [6.07, 6.45) is 0.0835. The monoisotopic (exact) mass is 381 g/mol. The topological polar surface area (TPSA) is 78.0 Å². The van der Waals surface area contributed by atoms with Crippen LogP contribution < -0.4 is 11.3 Å². The number of nitrogens with two attached hydrogens (primary N) is 1. The van der Waals surface area contributed by atoms with Crippen LogP contribution in [-0.4, -0.2) is 15.5 Å². The van der Waals surface area contributed by atoms with E-state index in [1.807, 2.05) is 11.4 Å². The Morgan fingerprint density at radius 3 is 2.75 bits per heavy atom. The van der Waals surface area contributed by atoms with E-state index in [1.165, 1.54) is 15.9 Å². The van der Waals surface area contributed by atoms with Crippen LogP contribution in [0.4, 0.5) is 0 Å². The van der Waals surface area contributed by atoms with Gasteiger partial charge in [0.1, 0.15) is 10.7 Å². The maximum Gasteiger partial charge on any atom is 0.262 e. The van der Waals surface area contributed by atoms with E-state index in [2.05, 4.69) is 4.98 Å². The van der Waals surface area contributed by atoms with E-state index >= 15 is 0 Å². The minimum absolute atomic E-state index is 0.0835. The second-order valence-corrected chi connectivity index (χ2v) is 6.96. The molecule has 0 fully saturated rings. The van der Waals surface area contributed by atoms with E-state index in [0.29, 0.717) is 26.1 Å². The SMILES string of the molecule is Cc1nc2scc(-c3ccc(Cl)c(Cl)c3)c2c(=O)n1CCC(N)=O. The number of fused-ring (bicyclic) bond motifs is 1. The summed E-state index contributed by atoms with van der Waals surface area (Å²) in [5.74, 6) is 0.0905. The number of thiophene rings is 1. The first-order valence-electron chi connectivity index (χ1n) is 7.11. The van der Waals surface area contributed by atoms with Gasteiger partial charge >= 0.3 is 0 Å². The minimum Gasteiger partial charge on any atom is -0.370 e. The van der Waals surface area contributed by atoms with Crippen molar-refractivity contribution in [3.05, 3.63) is 49.8 Å². The summed E-state index contributed by atoms with van der Waals surface area (Å²) in [5.41, 5.74) is 6.53. The molecule has 0 saturated carbocycles. The number of carbonyl (C=O) groups excluding carboxylic acids is 1. The largest absolute Gasteiger partial charge is 0.370 e. The highest BCUT2D eigenvalue weighted by atomic mass is 35.5. The van der Waals surface area contributed by atoms with E-state index in [-0.39, 0.29) is 18.5 Å². The normalized spacial score (nSPS) is 11.1. The highest BCUT2D eigenvalue weighted by molar-refractivity contribution is 7.17. The molecule has 0 radical (unpaired) electrons. The van der Waals surface area contributed by atoms with Crippen LogP contribution in [0, 0.1) is 6.92 Å². The number of nitrogens with zero attached hydrogens (tertiary/aromatic N) is 2. The molecule has 0 bridgehead atoms. The molecule has 5 nitrogen and oxygen atoms in total. The molecule has 3 rings (SSSR count). The van der Waals surface area contributed by atoms with Crippen LogP contribution in [0.5, 0.6) is 0 Å². The van der Waals surface area contributed by atoms with Crippen molar-refractivity contribution in [1.82, 2.24) is 9.55 Å². The van der Waals surface area contributed by atoms with Gasteiger partial charge in [0.15, 0.2) is 0 Å². The lowest BCUT2D eigenvalue weighted by Gasteiger charge is -2.09. The zero-order valence-corrected chi connectivity index (χ0v) is 15.0. The average molecular weight is 382 g/mol. The number of rotatable bonds is 4. The molecule has 2 heterocycles. The Labute approximate surface area is 151 Å². The smallest absolute Gasteiger partial charge is 0.262 e. The van der Waals surface area contributed by atoms with Gasteiger partial charge in [0.2, 0.25) is 5.91 Å². The third-order valence-electron chi connectivity index (χ3n) is 3.70. The van der Waals surface area contributed by atoms with Gasteiger partial charge in [0.25, 0.3) is 5.56 Å². The molecule has 0 spiro atoms. The number of carbonyl (C=O) groups is 1. The number of benzene rings is 1. The van der Waals surface area contributed by atoms with Crippen LogP contribution in [0.3, 0.4) is 0 Å². The van der Waals surface area contributed by atoms with Gasteiger partial charge in [-0.15, -0.1) is 11.3 Å². The van der Waals surface area contributed by atoms with Crippen molar-refractivity contribution in [2.45, 2.75) is 19.9 Å². The molecule has 0 aliphatic rings. The molecular formula is C16H13Cl2N3O2S. The van der Waals surface area contributed by atoms with Crippen molar-refractivity contribution in [2.75, 3.05) is 0 Å². The van der Waals surface area contributed by atoms with Gasteiger partial charge in [0, 0.05) is 23.9 Å². The van der Waals surface area contributed by atoms with Crippen molar-refractivity contribution in [3.8, 4) is 11.1 Å². The van der Waals surface area contributed by atoms with Crippen molar-refractivity contribution in [3.63, 3.8) is 0 Å². The second kappa shape index (κ2) is 6.55. The zero-order valence-electron chi connectivity index (χ0n) is 12.7. The van der Waals surface area contributed by atoms with Gasteiger partial charge in [-0.2, -0.15) is 0 Å². The van der Waals surface area contributed by atoms with Gasteiger partial charge in [-0.1, -0.05) is 29.3 Å². The fraction of sp³-hybridized carbons (Fsp3) is 0.188. The molecule has 3 aromatic rings. The quantitative estimate of drug-likeness (QED) is 0.749. The Morgan fingerprint density at radius 2 is 2.08 bits per heavy atom. The summed E-state index contributed by atoms with van der Waals surface area (Å²) in [7, 11) is 0. The molecule has 24 heavy (non-hydrogen) atoms. The van der Waals surface area contributed by atoms with E-state index in [4.69, 9.17) is 28.9 Å². The van der Waals surface area contributed by atoms with Crippen molar-refractivity contribution in [2.24, 2.45) is 5.73 Å². The molecule has 2 N–H and O–H groups in total. The highest BCUT2D eigenvalue weighted by Gasteiger charge is 2.16. The lowest BCUT2D eigenvalue weighted by molar-refractivity contribution is -0.118. The van der Waals surface area contributed by atoms with Gasteiger partial charge in [0.05, 0.1) is 15.4 Å². The number of amides is 1. The number of aryl methyl sites for hydroxylation is 1. The van der Waals surface area contributed by atoms with Crippen LogP contribution in [0.2, 0.25) is 10.0 Å². The molecule has 124 valence electrons. The number of primary amides is 1. The summed E-state index contributed by atoms with van der Waals surface area (Å²) < 4.78 is 1.47. The first kappa shape index (κ1) is 17.0. The predicted molar refractivity (Wildman–Crippen MR) is 97.9 cm³/mol. The van der Waals surface area contributed by atoms with Gasteiger partial charge in [-0.25, -0.2) is 4.98 Å². The number of aromatic nitrogens is 2. The lowest BCUT2D eigenvalue weighted by Crippen LogP contribution is -2.26. The van der Waals surface area contributed by atoms with Crippen LogP contribution >= 0.6 is 34.5 Å². The maximum atomic E-state index is 12.9. The van der Waals surface area contributed by atoms with Crippen molar-refractivity contribution in [1.29, 1.82) is 0 Å². The molecule has 0 aliphatic carbocycles. The van der Waals surface area contributed by atoms with E-state index in [1.54, 1.807) is 19.1 Å². The van der Waals surface area contributed by atoms with Crippen LogP contribution in [-0.2, 0) is 11.3 Å². The molecule has 2 aromatic heterocycles. The summed E-state index contributed by atoms with van der Waals surface area (Å²) in [6, 6.07) is 5.22. The first-order chi connectivity index (χ1) is 11.4. The Bertz CT molecular complexity index is 1010. The van der Waals surface area contributed by atoms with Gasteiger partial charge < -0.3 is 5.73 Å². The summed E-state index contributed by atoms with van der Waals surface area (Å²) in [5, 5.41) is 3.25. The third kappa shape index (κ3) is 3.05. The third-order valence-corrected chi connectivity index (χ3v) is 5.31. The zero-order chi connectivity index (χ0) is 17.4. The molecule has 0 saturated heterocycles. The Balaban J connectivity index is 2.20. The van der Waals surface area contributed by atoms with E-state index in [9.17, 15) is 9.59 Å². The van der Waals surface area contributed by atoms with Gasteiger partial charge in [-0.3, -0.25) is 14.2 Å². The molecule has 8 heteroatoms. The average Bonchev–Trinajstić information content (AvgIpc) is 2.93. The Hall–Kier alpha value is -1.89. The molecule has 1 amide bonds. The van der Waals surface area contributed by atoms with Crippen molar-refractivity contribution >= 4 is 50.7 Å². The summed E-state index contributed by atoms with van der Waals surface area (Å²) in [6.45, 7) is 1.94. The van der Waals surface area contributed by atoms with E-state index < -0.39 is 5.91 Å². The molecule has 1 aromatic carbocycles. The predicted octanol–water partition coefficient (Wildman–Crippen LogP) is 3.62. The number of hydrogen-bond acceptors (Lipinski definition) is 4. The lowest BCUT2D eigenvalue weighted by atomic mass is 10.1. The Kier molecular flexibility index (Phi) is 4.62.